The van der Waals surface area contributed by atoms with Crippen LogP contribution in [0.3, 0.4) is 0 Å². The van der Waals surface area contributed by atoms with Gasteiger partial charge in [-0.1, -0.05) is 23.7 Å². The van der Waals surface area contributed by atoms with Gasteiger partial charge in [0, 0.05) is 0 Å². The number of alkyl halides is 3. The highest BCUT2D eigenvalue weighted by Crippen LogP contribution is 2.32. The molecule has 0 fully saturated rings. The summed E-state index contributed by atoms with van der Waals surface area (Å²) >= 11 is 5.82. The van der Waals surface area contributed by atoms with Gasteiger partial charge in [-0.05, 0) is 25.5 Å². The zero-order chi connectivity index (χ0) is 14.1. The quantitative estimate of drug-likeness (QED) is 0.876. The predicted molar refractivity (Wildman–Crippen MR) is 61.5 cm³/mol. The Hall–Kier alpha value is -1.27. The minimum Gasteiger partial charge on any atom is -0.373 e. The first-order valence-corrected chi connectivity index (χ1v) is 5.31. The Kier molecular flexibility index (Phi) is 3.92. The molecule has 0 aliphatic heterocycles. The number of nitrogens with one attached hydrogen (secondary N) is 1. The lowest BCUT2D eigenvalue weighted by Gasteiger charge is -2.25. The Morgan fingerprint density at radius 3 is 2.44 bits per heavy atom. The first kappa shape index (κ1) is 14.8. The molecule has 0 saturated carbocycles. The van der Waals surface area contributed by atoms with Gasteiger partial charge in [-0.2, -0.15) is 13.2 Å². The number of amides is 1. The number of aryl methyl sites for hydroxylation is 1. The molecule has 1 atom stereocenters. The molecule has 0 radical (unpaired) electrons. The van der Waals surface area contributed by atoms with E-state index < -0.39 is 17.7 Å². The molecule has 2 N–H and O–H groups in total. The lowest BCUT2D eigenvalue weighted by Crippen LogP contribution is -2.52. The molecular formula is C11H11ClF3NO2. The fraction of sp³-hybridized carbons (Fsp3) is 0.364. The Balaban J connectivity index is 2.99. The summed E-state index contributed by atoms with van der Waals surface area (Å²) < 4.78 is 37.3. The summed E-state index contributed by atoms with van der Waals surface area (Å²) in [6.07, 6.45) is -5.06. The average Bonchev–Trinajstić information content (AvgIpc) is 2.23. The van der Waals surface area contributed by atoms with Crippen LogP contribution < -0.4 is 5.32 Å². The van der Waals surface area contributed by atoms with Crippen LogP contribution in [0.1, 0.15) is 12.5 Å². The van der Waals surface area contributed by atoms with Crippen LogP contribution in [-0.4, -0.2) is 22.8 Å². The van der Waals surface area contributed by atoms with Crippen LogP contribution in [0.5, 0.6) is 0 Å². The maximum atomic E-state index is 12.4. The first-order valence-electron chi connectivity index (χ1n) is 4.93. The Labute approximate surface area is 107 Å². The second-order valence-corrected chi connectivity index (χ2v) is 4.34. The summed E-state index contributed by atoms with van der Waals surface area (Å²) in [5.74, 6) is -1.58. The van der Waals surface area contributed by atoms with Gasteiger partial charge in [-0.3, -0.25) is 4.79 Å². The van der Waals surface area contributed by atoms with Gasteiger partial charge in [-0.25, -0.2) is 0 Å². The molecule has 7 heteroatoms. The van der Waals surface area contributed by atoms with Gasteiger partial charge >= 0.3 is 6.18 Å². The van der Waals surface area contributed by atoms with Gasteiger partial charge in [0.1, 0.15) is 0 Å². The predicted octanol–water partition coefficient (Wildman–Crippen LogP) is 2.90. The Morgan fingerprint density at radius 1 is 1.39 bits per heavy atom. The molecule has 1 rings (SSSR count). The van der Waals surface area contributed by atoms with Crippen LogP contribution in [0.25, 0.3) is 0 Å². The van der Waals surface area contributed by atoms with Crippen molar-refractivity contribution in [1.82, 2.24) is 0 Å². The zero-order valence-corrected chi connectivity index (χ0v) is 10.4. The van der Waals surface area contributed by atoms with Crippen molar-refractivity contribution in [2.75, 3.05) is 5.32 Å². The number of aliphatic hydroxyl groups is 1. The molecular weight excluding hydrogens is 271 g/mol. The number of carbonyl (C=O) groups excluding carboxylic acids is 1. The van der Waals surface area contributed by atoms with E-state index >= 15 is 0 Å². The topological polar surface area (TPSA) is 49.3 Å². The van der Waals surface area contributed by atoms with Crippen molar-refractivity contribution >= 4 is 23.2 Å². The fourth-order valence-electron chi connectivity index (χ4n) is 1.12. The van der Waals surface area contributed by atoms with E-state index in [-0.39, 0.29) is 10.7 Å². The summed E-state index contributed by atoms with van der Waals surface area (Å²) in [4.78, 5) is 11.4. The second-order valence-electron chi connectivity index (χ2n) is 3.96. The molecule has 1 aromatic carbocycles. The van der Waals surface area contributed by atoms with Crippen molar-refractivity contribution in [1.29, 1.82) is 0 Å². The van der Waals surface area contributed by atoms with E-state index in [1.54, 1.807) is 13.0 Å². The molecule has 0 heterocycles. The number of anilines is 1. The minimum atomic E-state index is -5.06. The van der Waals surface area contributed by atoms with E-state index in [0.29, 0.717) is 12.5 Å². The lowest BCUT2D eigenvalue weighted by atomic mass is 10.1. The molecule has 0 aliphatic rings. The van der Waals surface area contributed by atoms with Crippen LogP contribution in [0.2, 0.25) is 5.02 Å². The van der Waals surface area contributed by atoms with Crippen LogP contribution in [0.15, 0.2) is 18.2 Å². The third-order valence-electron chi connectivity index (χ3n) is 2.43. The van der Waals surface area contributed by atoms with Crippen molar-refractivity contribution in [2.24, 2.45) is 0 Å². The largest absolute Gasteiger partial charge is 0.426 e. The van der Waals surface area contributed by atoms with Gasteiger partial charge < -0.3 is 10.4 Å². The van der Waals surface area contributed by atoms with Crippen LogP contribution in [0.4, 0.5) is 18.9 Å². The third-order valence-corrected chi connectivity index (χ3v) is 2.94. The zero-order valence-electron chi connectivity index (χ0n) is 9.60. The molecule has 1 amide bonds. The molecule has 1 aromatic rings. The van der Waals surface area contributed by atoms with Crippen molar-refractivity contribution in [3.8, 4) is 0 Å². The van der Waals surface area contributed by atoms with E-state index in [1.165, 1.54) is 12.1 Å². The standard InChI is InChI=1S/C11H11ClF3NO2/c1-6-4-3-5-7(8(6)12)16-9(17)10(2,18)11(13,14)15/h3-5,18H,1-2H3,(H,16,17). The number of benzene rings is 1. The number of carbonyl (C=O) groups is 1. The van der Waals surface area contributed by atoms with E-state index in [4.69, 9.17) is 16.7 Å². The summed E-state index contributed by atoms with van der Waals surface area (Å²) in [5, 5.41) is 11.2. The number of halogens is 4. The molecule has 100 valence electrons. The Morgan fingerprint density at radius 2 is 1.94 bits per heavy atom. The first-order chi connectivity index (χ1) is 8.07. The maximum absolute atomic E-state index is 12.4. The Bertz CT molecular complexity index is 472. The van der Waals surface area contributed by atoms with Gasteiger partial charge in [0.2, 0.25) is 5.60 Å². The molecule has 18 heavy (non-hydrogen) atoms. The van der Waals surface area contributed by atoms with Gasteiger partial charge in [0.25, 0.3) is 5.91 Å². The lowest BCUT2D eigenvalue weighted by molar-refractivity contribution is -0.242. The van der Waals surface area contributed by atoms with Crippen molar-refractivity contribution < 1.29 is 23.1 Å². The highest BCUT2D eigenvalue weighted by atomic mass is 35.5. The fourth-order valence-corrected chi connectivity index (χ4v) is 1.29. The smallest absolute Gasteiger partial charge is 0.373 e. The highest BCUT2D eigenvalue weighted by Gasteiger charge is 2.55. The van der Waals surface area contributed by atoms with E-state index in [1.807, 2.05) is 5.32 Å². The summed E-state index contributed by atoms with van der Waals surface area (Å²) in [6, 6.07) is 4.51. The number of rotatable bonds is 2. The van der Waals surface area contributed by atoms with E-state index in [9.17, 15) is 18.0 Å². The van der Waals surface area contributed by atoms with Crippen LogP contribution in [-0.2, 0) is 4.79 Å². The monoisotopic (exact) mass is 281 g/mol. The molecule has 3 nitrogen and oxygen atoms in total. The number of hydrogen-bond donors (Lipinski definition) is 2. The van der Waals surface area contributed by atoms with Gasteiger partial charge in [0.15, 0.2) is 0 Å². The molecule has 0 saturated heterocycles. The van der Waals surface area contributed by atoms with Gasteiger partial charge in [0.05, 0.1) is 10.7 Å². The number of hydrogen-bond acceptors (Lipinski definition) is 2. The molecule has 0 spiro atoms. The normalized spacial score (nSPS) is 15.1. The van der Waals surface area contributed by atoms with E-state index in [2.05, 4.69) is 0 Å². The van der Waals surface area contributed by atoms with Gasteiger partial charge in [-0.15, -0.1) is 0 Å². The highest BCUT2D eigenvalue weighted by molar-refractivity contribution is 6.34. The third kappa shape index (κ3) is 2.76. The molecule has 1 unspecified atom stereocenters. The van der Waals surface area contributed by atoms with Crippen LogP contribution in [0, 0.1) is 6.92 Å². The average molecular weight is 282 g/mol. The van der Waals surface area contributed by atoms with Crippen molar-refractivity contribution in [3.63, 3.8) is 0 Å². The second kappa shape index (κ2) is 4.78. The summed E-state index contributed by atoms with van der Waals surface area (Å²) in [7, 11) is 0. The minimum absolute atomic E-state index is 0.0196. The van der Waals surface area contributed by atoms with E-state index in [0.717, 1.165) is 0 Å². The molecule has 0 aliphatic carbocycles. The summed E-state index contributed by atoms with van der Waals surface area (Å²) in [6.45, 7) is 2.02. The van der Waals surface area contributed by atoms with Crippen molar-refractivity contribution in [2.45, 2.75) is 25.6 Å². The van der Waals surface area contributed by atoms with Crippen LogP contribution >= 0.6 is 11.6 Å². The molecule has 0 aromatic heterocycles. The maximum Gasteiger partial charge on any atom is 0.426 e. The molecule has 0 bridgehead atoms. The summed E-state index contributed by atoms with van der Waals surface area (Å²) in [5.41, 5.74) is -2.85. The van der Waals surface area contributed by atoms with Crippen molar-refractivity contribution in [3.05, 3.63) is 28.8 Å². The SMILES string of the molecule is Cc1cccc(NC(=O)C(C)(O)C(F)(F)F)c1Cl.